The van der Waals surface area contributed by atoms with Gasteiger partial charge in [-0.15, -0.1) is 0 Å². The van der Waals surface area contributed by atoms with Crippen LogP contribution < -0.4 is 21.0 Å². The van der Waals surface area contributed by atoms with Gasteiger partial charge in [0, 0.05) is 21.0 Å². The molecule has 1 aromatic heterocycles. The lowest BCUT2D eigenvalue weighted by atomic mass is 10.1. The van der Waals surface area contributed by atoms with Crippen molar-refractivity contribution in [2.45, 2.75) is 0 Å². The van der Waals surface area contributed by atoms with Gasteiger partial charge in [0.1, 0.15) is 0 Å². The molecule has 0 spiro atoms. The van der Waals surface area contributed by atoms with Crippen LogP contribution in [0.1, 0.15) is 20.9 Å². The molecule has 11 nitrogen and oxygen atoms in total. The van der Waals surface area contributed by atoms with Crippen LogP contribution >= 0.6 is 22.6 Å². The fraction of sp³-hybridized carbons (Fsp3) is 0.0435. The van der Waals surface area contributed by atoms with Crippen molar-refractivity contribution in [2.75, 3.05) is 10.2 Å². The van der Waals surface area contributed by atoms with Gasteiger partial charge in [-0.1, -0.05) is 0 Å². The van der Waals surface area contributed by atoms with E-state index in [0.717, 1.165) is 14.7 Å². The minimum atomic E-state index is -1.41. The van der Waals surface area contributed by atoms with Gasteiger partial charge in [0.05, 0.1) is 12.0 Å². The smallest absolute Gasteiger partial charge is 0.335 e. The summed E-state index contributed by atoms with van der Waals surface area (Å²) in [5, 5.41) is 8.44. The van der Waals surface area contributed by atoms with Gasteiger partial charge < -0.3 is 9.73 Å². The molecule has 176 valence electrons. The fourth-order valence-corrected chi connectivity index (χ4v) is 3.46. The van der Waals surface area contributed by atoms with Crippen LogP contribution in [0.4, 0.5) is 16.2 Å². The number of anilines is 2. The van der Waals surface area contributed by atoms with Crippen molar-refractivity contribution in [1.29, 1.82) is 0 Å². The third-order valence-corrected chi connectivity index (χ3v) is 5.55. The SMILES string of the molecule is O=C(N/N=C\[C@@H]1C(=O)NC(=O)N(c2ccc(I)cc2)C1=O)c1ccc(NC(=O)c2ccco2)cc1. The molecule has 4 rings (SSSR count). The van der Waals surface area contributed by atoms with Crippen LogP contribution in [-0.2, 0) is 9.59 Å². The van der Waals surface area contributed by atoms with Crippen molar-refractivity contribution in [1.82, 2.24) is 10.7 Å². The molecule has 0 saturated carbocycles. The Kier molecular flexibility index (Phi) is 7.01. The molecule has 0 bridgehead atoms. The number of hydrogen-bond acceptors (Lipinski definition) is 7. The third-order valence-electron chi connectivity index (χ3n) is 4.83. The molecule has 2 aromatic carbocycles. The summed E-state index contributed by atoms with van der Waals surface area (Å²) in [6.45, 7) is 0. The fourth-order valence-electron chi connectivity index (χ4n) is 3.10. The minimum absolute atomic E-state index is 0.143. The van der Waals surface area contributed by atoms with Gasteiger partial charge in [0.2, 0.25) is 5.91 Å². The Morgan fingerprint density at radius 2 is 1.71 bits per heavy atom. The number of amides is 6. The van der Waals surface area contributed by atoms with Crippen LogP contribution in [-0.4, -0.2) is 35.9 Å². The lowest BCUT2D eigenvalue weighted by Crippen LogP contribution is -2.58. The molecular formula is C23H16IN5O6. The van der Waals surface area contributed by atoms with Gasteiger partial charge in [-0.05, 0) is 83.3 Å². The highest BCUT2D eigenvalue weighted by atomic mass is 127. The molecule has 2 heterocycles. The maximum atomic E-state index is 12.8. The molecule has 12 heteroatoms. The Morgan fingerprint density at radius 3 is 2.37 bits per heavy atom. The van der Waals surface area contributed by atoms with Gasteiger partial charge in [-0.3, -0.25) is 24.5 Å². The highest BCUT2D eigenvalue weighted by Gasteiger charge is 2.40. The summed E-state index contributed by atoms with van der Waals surface area (Å²) in [4.78, 5) is 62.4. The Hall–Kier alpha value is -4.33. The van der Waals surface area contributed by atoms with E-state index in [-0.39, 0.29) is 11.3 Å². The number of hydrazone groups is 1. The number of benzene rings is 2. The third kappa shape index (κ3) is 5.43. The second-order valence-electron chi connectivity index (χ2n) is 7.15. The number of carbonyl (C=O) groups is 5. The van der Waals surface area contributed by atoms with E-state index in [0.29, 0.717) is 11.4 Å². The Morgan fingerprint density at radius 1 is 1.00 bits per heavy atom. The largest absolute Gasteiger partial charge is 0.459 e. The van der Waals surface area contributed by atoms with E-state index in [2.05, 4.69) is 43.8 Å². The lowest BCUT2D eigenvalue weighted by Gasteiger charge is -2.28. The Labute approximate surface area is 211 Å². The molecule has 3 aromatic rings. The van der Waals surface area contributed by atoms with Crippen LogP contribution in [0.25, 0.3) is 0 Å². The summed E-state index contributed by atoms with van der Waals surface area (Å²) in [6.07, 6.45) is 2.34. The lowest BCUT2D eigenvalue weighted by molar-refractivity contribution is -0.131. The molecular weight excluding hydrogens is 569 g/mol. The zero-order valence-corrected chi connectivity index (χ0v) is 19.9. The van der Waals surface area contributed by atoms with Crippen molar-refractivity contribution >= 4 is 69.8 Å². The quantitative estimate of drug-likeness (QED) is 0.175. The molecule has 3 N–H and O–H groups in total. The van der Waals surface area contributed by atoms with E-state index in [1.54, 1.807) is 30.3 Å². The van der Waals surface area contributed by atoms with Crippen LogP contribution in [0.3, 0.4) is 0 Å². The van der Waals surface area contributed by atoms with Crippen LogP contribution in [0, 0.1) is 9.49 Å². The summed E-state index contributed by atoms with van der Waals surface area (Å²) in [5.41, 5.74) is 3.19. The van der Waals surface area contributed by atoms with E-state index in [4.69, 9.17) is 4.42 Å². The van der Waals surface area contributed by atoms with Crippen molar-refractivity contribution in [3.8, 4) is 0 Å². The first-order valence-electron chi connectivity index (χ1n) is 10.1. The Bertz CT molecular complexity index is 1320. The maximum Gasteiger partial charge on any atom is 0.335 e. The number of hydrogen-bond donors (Lipinski definition) is 3. The number of imide groups is 2. The molecule has 0 unspecified atom stereocenters. The van der Waals surface area contributed by atoms with Crippen molar-refractivity contribution in [3.05, 3.63) is 81.8 Å². The van der Waals surface area contributed by atoms with Crippen molar-refractivity contribution in [2.24, 2.45) is 11.0 Å². The van der Waals surface area contributed by atoms with Gasteiger partial charge in [-0.2, -0.15) is 5.10 Å². The predicted molar refractivity (Wildman–Crippen MR) is 133 cm³/mol. The van der Waals surface area contributed by atoms with Gasteiger partial charge in [-0.25, -0.2) is 15.1 Å². The second kappa shape index (κ2) is 10.3. The molecule has 6 amide bonds. The highest BCUT2D eigenvalue weighted by molar-refractivity contribution is 14.1. The van der Waals surface area contributed by atoms with Crippen molar-refractivity contribution in [3.63, 3.8) is 0 Å². The first kappa shape index (κ1) is 23.8. The number of carbonyl (C=O) groups excluding carboxylic acids is 5. The van der Waals surface area contributed by atoms with E-state index in [1.165, 1.54) is 36.6 Å². The van der Waals surface area contributed by atoms with E-state index >= 15 is 0 Å². The van der Waals surface area contributed by atoms with E-state index in [9.17, 15) is 24.0 Å². The number of barbiturate groups is 1. The number of nitrogens with zero attached hydrogens (tertiary/aromatic N) is 2. The normalized spacial score (nSPS) is 15.7. The number of halogens is 1. The summed E-state index contributed by atoms with van der Waals surface area (Å²) < 4.78 is 5.92. The molecule has 35 heavy (non-hydrogen) atoms. The predicted octanol–water partition coefficient (Wildman–Crippen LogP) is 2.75. The average Bonchev–Trinajstić information content (AvgIpc) is 3.38. The first-order valence-corrected chi connectivity index (χ1v) is 11.1. The van der Waals surface area contributed by atoms with Gasteiger partial charge in [0.15, 0.2) is 11.7 Å². The topological polar surface area (TPSA) is 150 Å². The molecule has 0 aliphatic carbocycles. The zero-order valence-electron chi connectivity index (χ0n) is 17.7. The van der Waals surface area contributed by atoms with Gasteiger partial charge >= 0.3 is 6.03 Å². The second-order valence-corrected chi connectivity index (χ2v) is 8.40. The van der Waals surface area contributed by atoms with Crippen LogP contribution in [0.15, 0.2) is 76.4 Å². The van der Waals surface area contributed by atoms with Crippen molar-refractivity contribution < 1.29 is 28.4 Å². The van der Waals surface area contributed by atoms with Gasteiger partial charge in [0.25, 0.3) is 17.7 Å². The first-order chi connectivity index (χ1) is 16.8. The van der Waals surface area contributed by atoms with Crippen LogP contribution in [0.5, 0.6) is 0 Å². The molecule has 1 saturated heterocycles. The minimum Gasteiger partial charge on any atom is -0.459 e. The highest BCUT2D eigenvalue weighted by Crippen LogP contribution is 2.21. The Balaban J connectivity index is 1.38. The molecule has 0 radical (unpaired) electrons. The maximum absolute atomic E-state index is 12.8. The van der Waals surface area contributed by atoms with E-state index < -0.39 is 35.6 Å². The number of nitrogens with one attached hydrogen (secondary N) is 3. The summed E-state index contributed by atoms with van der Waals surface area (Å²) >= 11 is 2.08. The summed E-state index contributed by atoms with van der Waals surface area (Å²) in [5.74, 6) is -3.97. The number of rotatable bonds is 6. The van der Waals surface area contributed by atoms with E-state index in [1.807, 2.05) is 0 Å². The summed E-state index contributed by atoms with van der Waals surface area (Å²) in [6, 6.07) is 14.8. The molecule has 1 aliphatic heterocycles. The monoisotopic (exact) mass is 585 g/mol. The summed E-state index contributed by atoms with van der Waals surface area (Å²) in [7, 11) is 0. The molecule has 1 atom stereocenters. The van der Waals surface area contributed by atoms with Crippen LogP contribution in [0.2, 0.25) is 0 Å². The zero-order chi connectivity index (χ0) is 24.9. The average molecular weight is 585 g/mol. The number of urea groups is 1. The standard InChI is InChI=1S/C23H16IN5O6/c24-14-5-9-16(10-6-14)29-22(33)17(20(31)27-23(29)34)12-25-28-19(30)13-3-7-15(8-4-13)26-21(32)18-2-1-11-35-18/h1-12,17H,(H,26,32)(H,28,30)(H,27,31,34)/b25-12-/t17-/m1/s1. The molecule has 1 aliphatic rings. The number of furan rings is 1. The molecule has 1 fully saturated rings.